The van der Waals surface area contributed by atoms with Gasteiger partial charge in [-0.15, -0.1) is 0 Å². The lowest BCUT2D eigenvalue weighted by atomic mass is 9.67. The minimum absolute atomic E-state index is 0.0875. The molecule has 2 saturated heterocycles. The van der Waals surface area contributed by atoms with E-state index >= 15 is 0 Å². The van der Waals surface area contributed by atoms with Crippen molar-refractivity contribution in [3.05, 3.63) is 18.2 Å². The lowest BCUT2D eigenvalue weighted by molar-refractivity contribution is -0.146. The van der Waals surface area contributed by atoms with Gasteiger partial charge in [-0.2, -0.15) is 0 Å². The summed E-state index contributed by atoms with van der Waals surface area (Å²) < 4.78 is 0. The van der Waals surface area contributed by atoms with Crippen molar-refractivity contribution >= 4 is 5.91 Å². The van der Waals surface area contributed by atoms with E-state index in [4.69, 9.17) is 0 Å². The molecule has 0 spiro atoms. The summed E-state index contributed by atoms with van der Waals surface area (Å²) in [6.45, 7) is 3.71. The van der Waals surface area contributed by atoms with Crippen LogP contribution in [0.2, 0.25) is 0 Å². The number of aromatic amines is 1. The van der Waals surface area contributed by atoms with Gasteiger partial charge in [-0.05, 0) is 38.1 Å². The molecular formula is C17H26N4O. The summed E-state index contributed by atoms with van der Waals surface area (Å²) in [7, 11) is 0. The van der Waals surface area contributed by atoms with Gasteiger partial charge >= 0.3 is 0 Å². The maximum absolute atomic E-state index is 13.2. The van der Waals surface area contributed by atoms with Crippen LogP contribution in [0.4, 0.5) is 0 Å². The smallest absolute Gasteiger partial charge is 0.230 e. The molecule has 5 nitrogen and oxygen atoms in total. The fraction of sp³-hybridized carbons (Fsp3) is 0.765. The quantitative estimate of drug-likeness (QED) is 0.877. The Hall–Kier alpha value is -1.36. The molecule has 2 N–H and O–H groups in total. The fourth-order valence-electron chi connectivity index (χ4n) is 4.84. The summed E-state index contributed by atoms with van der Waals surface area (Å²) in [4.78, 5) is 23.0. The number of carbonyl (C=O) groups excluding carboxylic acids is 1. The summed E-state index contributed by atoms with van der Waals surface area (Å²) in [6.07, 6.45) is 10.6. The molecule has 3 aliphatic rings. The summed E-state index contributed by atoms with van der Waals surface area (Å²) >= 11 is 0. The SMILES string of the molecule is O=C(N1CCC(c2ncc[nH]2)CC1)[C@@]12CCCC[C@H]1CNC2. The van der Waals surface area contributed by atoms with Crippen molar-refractivity contribution in [3.8, 4) is 0 Å². The predicted octanol–water partition coefficient (Wildman–Crippen LogP) is 1.90. The van der Waals surface area contributed by atoms with Gasteiger partial charge in [0.1, 0.15) is 5.82 Å². The average Bonchev–Trinajstić information content (AvgIpc) is 3.24. The highest BCUT2D eigenvalue weighted by Crippen LogP contribution is 2.45. The molecule has 1 amide bonds. The lowest BCUT2D eigenvalue weighted by Crippen LogP contribution is -2.51. The van der Waals surface area contributed by atoms with Crippen LogP contribution >= 0.6 is 0 Å². The molecule has 0 radical (unpaired) electrons. The predicted molar refractivity (Wildman–Crippen MR) is 84.4 cm³/mol. The van der Waals surface area contributed by atoms with Crippen molar-refractivity contribution < 1.29 is 4.79 Å². The topological polar surface area (TPSA) is 61.0 Å². The minimum Gasteiger partial charge on any atom is -0.348 e. The third kappa shape index (κ3) is 2.26. The van der Waals surface area contributed by atoms with Crippen molar-refractivity contribution in [2.75, 3.05) is 26.2 Å². The summed E-state index contributed by atoms with van der Waals surface area (Å²) in [5.74, 6) is 2.57. The Kier molecular flexibility index (Phi) is 3.68. The number of nitrogens with zero attached hydrogens (tertiary/aromatic N) is 2. The second kappa shape index (κ2) is 5.69. The van der Waals surface area contributed by atoms with Crippen molar-refractivity contribution in [2.45, 2.75) is 44.4 Å². The molecule has 3 fully saturated rings. The first-order valence-corrected chi connectivity index (χ1v) is 8.79. The molecule has 1 aromatic rings. The number of H-pyrrole nitrogens is 1. The largest absolute Gasteiger partial charge is 0.348 e. The number of rotatable bonds is 2. The van der Waals surface area contributed by atoms with Gasteiger partial charge in [0.2, 0.25) is 5.91 Å². The Morgan fingerprint density at radius 3 is 2.91 bits per heavy atom. The van der Waals surface area contributed by atoms with Crippen molar-refractivity contribution in [1.82, 2.24) is 20.2 Å². The summed E-state index contributed by atoms with van der Waals surface area (Å²) in [5, 5.41) is 3.49. The van der Waals surface area contributed by atoms with Crippen molar-refractivity contribution in [2.24, 2.45) is 11.3 Å². The molecule has 3 heterocycles. The van der Waals surface area contributed by atoms with Crippen LogP contribution in [-0.2, 0) is 4.79 Å². The molecular weight excluding hydrogens is 276 g/mol. The zero-order valence-corrected chi connectivity index (χ0v) is 13.2. The zero-order chi connectivity index (χ0) is 15.0. The maximum atomic E-state index is 13.2. The van der Waals surface area contributed by atoms with Gasteiger partial charge in [-0.1, -0.05) is 12.8 Å². The molecule has 2 atom stereocenters. The van der Waals surface area contributed by atoms with Gasteiger partial charge < -0.3 is 15.2 Å². The number of hydrogen-bond donors (Lipinski definition) is 2. The van der Waals surface area contributed by atoms with Crippen LogP contribution < -0.4 is 5.32 Å². The van der Waals surface area contributed by atoms with E-state index < -0.39 is 0 Å². The van der Waals surface area contributed by atoms with E-state index in [0.29, 0.717) is 17.7 Å². The van der Waals surface area contributed by atoms with E-state index in [-0.39, 0.29) is 5.41 Å². The van der Waals surface area contributed by atoms with Crippen LogP contribution in [0.15, 0.2) is 12.4 Å². The number of imidazole rings is 1. The molecule has 2 aliphatic heterocycles. The number of fused-ring (bicyclic) bond motifs is 1. The van der Waals surface area contributed by atoms with Gasteiger partial charge in [0.15, 0.2) is 0 Å². The van der Waals surface area contributed by atoms with E-state index in [0.717, 1.165) is 51.3 Å². The first kappa shape index (κ1) is 14.2. The fourth-order valence-corrected chi connectivity index (χ4v) is 4.84. The maximum Gasteiger partial charge on any atom is 0.230 e. The second-order valence-electron chi connectivity index (χ2n) is 7.27. The number of aromatic nitrogens is 2. The van der Waals surface area contributed by atoms with Gasteiger partial charge in [0.25, 0.3) is 0 Å². The molecule has 22 heavy (non-hydrogen) atoms. The van der Waals surface area contributed by atoms with Gasteiger partial charge in [0, 0.05) is 37.9 Å². The normalized spacial score (nSPS) is 32.9. The monoisotopic (exact) mass is 302 g/mol. The number of amides is 1. The van der Waals surface area contributed by atoms with Crippen LogP contribution in [0.25, 0.3) is 0 Å². The van der Waals surface area contributed by atoms with Crippen LogP contribution in [-0.4, -0.2) is 47.0 Å². The van der Waals surface area contributed by atoms with E-state index in [1.54, 1.807) is 0 Å². The van der Waals surface area contributed by atoms with Crippen LogP contribution in [0.5, 0.6) is 0 Å². The number of carbonyl (C=O) groups is 1. The Balaban J connectivity index is 1.43. The highest BCUT2D eigenvalue weighted by Gasteiger charge is 2.51. The van der Waals surface area contributed by atoms with Gasteiger partial charge in [0.05, 0.1) is 5.41 Å². The first-order chi connectivity index (χ1) is 10.8. The Labute approximate surface area is 131 Å². The van der Waals surface area contributed by atoms with Gasteiger partial charge in [-0.3, -0.25) is 4.79 Å². The van der Waals surface area contributed by atoms with Gasteiger partial charge in [-0.25, -0.2) is 4.98 Å². The number of likely N-dealkylation sites (tertiary alicyclic amines) is 1. The standard InChI is InChI=1S/C17H26N4O/c22-16(17-6-2-1-3-14(17)11-18-12-17)21-9-4-13(5-10-21)15-19-7-8-20-15/h7-8,13-14,18H,1-6,9-12H2,(H,19,20)/t14-,17+/m0/s1. The highest BCUT2D eigenvalue weighted by molar-refractivity contribution is 5.84. The Morgan fingerprint density at radius 1 is 1.27 bits per heavy atom. The van der Waals surface area contributed by atoms with E-state index in [2.05, 4.69) is 20.2 Å². The molecule has 1 aromatic heterocycles. The van der Waals surface area contributed by atoms with E-state index in [9.17, 15) is 4.79 Å². The van der Waals surface area contributed by atoms with Crippen LogP contribution in [0.3, 0.4) is 0 Å². The van der Waals surface area contributed by atoms with E-state index in [1.807, 2.05) is 12.4 Å². The molecule has 0 bridgehead atoms. The van der Waals surface area contributed by atoms with Crippen LogP contribution in [0, 0.1) is 11.3 Å². The summed E-state index contributed by atoms with van der Waals surface area (Å²) in [6, 6.07) is 0. The molecule has 0 unspecified atom stereocenters. The van der Waals surface area contributed by atoms with E-state index in [1.165, 1.54) is 19.3 Å². The Bertz CT molecular complexity index is 521. The average molecular weight is 302 g/mol. The highest BCUT2D eigenvalue weighted by atomic mass is 16.2. The third-order valence-corrected chi connectivity index (χ3v) is 6.15. The molecule has 1 aliphatic carbocycles. The number of nitrogens with one attached hydrogen (secondary N) is 2. The lowest BCUT2D eigenvalue weighted by Gasteiger charge is -2.42. The first-order valence-electron chi connectivity index (χ1n) is 8.79. The molecule has 4 rings (SSSR count). The summed E-state index contributed by atoms with van der Waals surface area (Å²) in [5.41, 5.74) is -0.0875. The third-order valence-electron chi connectivity index (χ3n) is 6.15. The van der Waals surface area contributed by atoms with Crippen molar-refractivity contribution in [3.63, 3.8) is 0 Å². The number of hydrogen-bond acceptors (Lipinski definition) is 3. The second-order valence-corrected chi connectivity index (χ2v) is 7.27. The number of piperidine rings is 1. The molecule has 1 saturated carbocycles. The minimum atomic E-state index is -0.0875. The molecule has 5 heteroatoms. The Morgan fingerprint density at radius 2 is 2.14 bits per heavy atom. The molecule has 0 aromatic carbocycles. The van der Waals surface area contributed by atoms with Crippen LogP contribution in [0.1, 0.15) is 50.3 Å². The van der Waals surface area contributed by atoms with Crippen molar-refractivity contribution in [1.29, 1.82) is 0 Å². The molecule has 120 valence electrons. The zero-order valence-electron chi connectivity index (χ0n) is 13.2.